The maximum absolute atomic E-state index is 3.48. The zero-order chi connectivity index (χ0) is 18.8. The molecule has 0 nitrogen and oxygen atoms in total. The molecule has 0 saturated carbocycles. The first-order valence-corrected chi connectivity index (χ1v) is 9.36. The maximum Gasteiger partial charge on any atom is -0.0142 e. The van der Waals surface area contributed by atoms with Crippen molar-refractivity contribution in [1.82, 2.24) is 0 Å². The van der Waals surface area contributed by atoms with Crippen LogP contribution in [0.15, 0.2) is 37.8 Å². The smallest absolute Gasteiger partial charge is 0.0142 e. The van der Waals surface area contributed by atoms with Crippen LogP contribution in [-0.2, 0) is 0 Å². The molecule has 0 unspecified atom stereocenters. The highest BCUT2D eigenvalue weighted by Crippen LogP contribution is 1.85. The third-order valence-corrected chi connectivity index (χ3v) is 0.789. The predicted molar refractivity (Wildman–Crippen MR) is 112 cm³/mol. The van der Waals surface area contributed by atoms with Crippen LogP contribution in [0.1, 0.15) is 82.6 Å². The lowest BCUT2D eigenvalue weighted by Gasteiger charge is -1.59. The van der Waals surface area contributed by atoms with Gasteiger partial charge < -0.3 is 0 Å². The average molecular weight is 309 g/mol. The standard InChI is InChI=1S/C4H8.C3H6S.5C2H6.C2H4/c2*1-3-4-2;6*1-2/h3H,1,4H2,2H3;3H,1H2,2H3;5*1-2H3;1-2H2. The second kappa shape index (κ2) is 450. The van der Waals surface area contributed by atoms with Gasteiger partial charge in [-0.2, -0.15) is 0 Å². The van der Waals surface area contributed by atoms with E-state index in [1.807, 2.05) is 81.6 Å². The molecule has 0 N–H and O–H groups in total. The van der Waals surface area contributed by atoms with Crippen LogP contribution in [0.2, 0.25) is 0 Å². The molecular weight excluding hydrogens is 260 g/mol. The highest BCUT2D eigenvalue weighted by Gasteiger charge is 1.45. The number of allylic oxidation sites excluding steroid dienone is 1. The van der Waals surface area contributed by atoms with E-state index in [0.29, 0.717) is 0 Å². The Balaban J connectivity index is -0.0000000142. The minimum Gasteiger partial charge on any atom is -0.138 e. The maximum atomic E-state index is 3.48. The van der Waals surface area contributed by atoms with Crippen molar-refractivity contribution >= 4 is 11.8 Å². The quantitative estimate of drug-likeness (QED) is 0.458. The van der Waals surface area contributed by atoms with Crippen LogP contribution in [0, 0.1) is 0 Å². The molecule has 0 rings (SSSR count). The Kier molecular flexibility index (Phi) is 1130. The molecule has 0 aliphatic heterocycles. The van der Waals surface area contributed by atoms with Crippen molar-refractivity contribution in [2.24, 2.45) is 0 Å². The van der Waals surface area contributed by atoms with E-state index in [-0.39, 0.29) is 0 Å². The van der Waals surface area contributed by atoms with E-state index in [0.717, 1.165) is 6.42 Å². The Bertz CT molecular complexity index is 50.8. The van der Waals surface area contributed by atoms with Gasteiger partial charge in [-0.25, -0.2) is 0 Å². The zero-order valence-electron chi connectivity index (χ0n) is 17.1. The second-order valence-corrected chi connectivity index (χ2v) is 1.90. The summed E-state index contributed by atoms with van der Waals surface area (Å²) in [4.78, 5) is 0. The summed E-state index contributed by atoms with van der Waals surface area (Å²) in [6.07, 6.45) is 4.94. The fourth-order valence-electron chi connectivity index (χ4n) is 0. The van der Waals surface area contributed by atoms with Crippen molar-refractivity contribution in [3.8, 4) is 0 Å². The van der Waals surface area contributed by atoms with Gasteiger partial charge in [0.15, 0.2) is 0 Å². The Morgan fingerprint density at radius 2 is 0.800 bits per heavy atom. The molecule has 0 aliphatic carbocycles. The van der Waals surface area contributed by atoms with Gasteiger partial charge in [-0.1, -0.05) is 88.8 Å². The molecule has 0 aromatic rings. The van der Waals surface area contributed by atoms with Crippen LogP contribution >= 0.6 is 11.8 Å². The van der Waals surface area contributed by atoms with Gasteiger partial charge in [0.25, 0.3) is 0 Å². The van der Waals surface area contributed by atoms with Gasteiger partial charge >= 0.3 is 0 Å². The second-order valence-electron chi connectivity index (χ2n) is 1.10. The molecule has 0 saturated heterocycles. The molecule has 0 aliphatic rings. The van der Waals surface area contributed by atoms with Crippen LogP contribution in [0.5, 0.6) is 0 Å². The average Bonchev–Trinajstić information content (AvgIpc) is 2.65. The van der Waals surface area contributed by atoms with Crippen molar-refractivity contribution in [1.29, 1.82) is 0 Å². The molecule has 0 bridgehead atoms. The van der Waals surface area contributed by atoms with E-state index in [1.165, 1.54) is 0 Å². The minimum atomic E-state index is 1.08. The van der Waals surface area contributed by atoms with Gasteiger partial charge in [0, 0.05) is 0 Å². The molecule has 0 fully saturated rings. The summed E-state index contributed by atoms with van der Waals surface area (Å²) < 4.78 is 0. The molecule has 0 aromatic carbocycles. The summed E-state index contributed by atoms with van der Waals surface area (Å²) in [7, 11) is 0. The fourth-order valence-corrected chi connectivity index (χ4v) is 0. The number of rotatable bonds is 2. The van der Waals surface area contributed by atoms with Crippen LogP contribution in [0.25, 0.3) is 0 Å². The molecule has 1 heteroatoms. The summed E-state index contributed by atoms with van der Waals surface area (Å²) in [5, 5.41) is 1.79. The summed E-state index contributed by atoms with van der Waals surface area (Å²) in [5.74, 6) is 0. The monoisotopic (exact) mass is 308 g/mol. The lowest BCUT2D eigenvalue weighted by molar-refractivity contribution is 1.23. The lowest BCUT2D eigenvalue weighted by Crippen LogP contribution is -1.36. The number of hydrogen-bond donors (Lipinski definition) is 0. The van der Waals surface area contributed by atoms with Gasteiger partial charge in [0.2, 0.25) is 0 Å². The zero-order valence-corrected chi connectivity index (χ0v) is 17.9. The van der Waals surface area contributed by atoms with Gasteiger partial charge in [-0.3, -0.25) is 0 Å². The first-order valence-electron chi connectivity index (χ1n) is 8.08. The van der Waals surface area contributed by atoms with E-state index in [1.54, 1.807) is 17.2 Å². The predicted octanol–water partition coefficient (Wildman–Crippen LogP) is 9.01. The van der Waals surface area contributed by atoms with E-state index >= 15 is 0 Å². The van der Waals surface area contributed by atoms with Crippen LogP contribution in [0.4, 0.5) is 0 Å². The van der Waals surface area contributed by atoms with E-state index in [9.17, 15) is 0 Å². The van der Waals surface area contributed by atoms with Crippen LogP contribution in [0.3, 0.4) is 0 Å². The molecule has 0 aromatic heterocycles. The normalized spacial score (nSPS) is 4.20. The molecule has 0 radical (unpaired) electrons. The van der Waals surface area contributed by atoms with Gasteiger partial charge in [0.1, 0.15) is 0 Å². The fraction of sp³-hybridized carbons (Fsp3) is 0.684. The van der Waals surface area contributed by atoms with E-state index in [4.69, 9.17) is 0 Å². The van der Waals surface area contributed by atoms with E-state index in [2.05, 4.69) is 33.2 Å². The molecule has 0 spiro atoms. The summed E-state index contributed by atoms with van der Waals surface area (Å²) in [6.45, 7) is 35.0. The number of hydrogen-bond acceptors (Lipinski definition) is 1. The van der Waals surface area contributed by atoms with E-state index < -0.39 is 0 Å². The van der Waals surface area contributed by atoms with Crippen molar-refractivity contribution in [2.45, 2.75) is 82.6 Å². The summed E-state index contributed by atoms with van der Waals surface area (Å²) in [6, 6.07) is 0. The Morgan fingerprint density at radius 3 is 0.800 bits per heavy atom. The Morgan fingerprint density at radius 1 is 0.700 bits per heavy atom. The third-order valence-electron chi connectivity index (χ3n) is 0.455. The highest BCUT2D eigenvalue weighted by molar-refractivity contribution is 8.01. The van der Waals surface area contributed by atoms with Gasteiger partial charge in [-0.05, 0) is 18.1 Å². The third kappa shape index (κ3) is 1960. The molecule has 0 amide bonds. The minimum absolute atomic E-state index is 1.08. The molecule has 0 heterocycles. The Hall–Kier alpha value is -0.430. The van der Waals surface area contributed by atoms with Gasteiger partial charge in [0.05, 0.1) is 0 Å². The van der Waals surface area contributed by atoms with Crippen molar-refractivity contribution in [3.63, 3.8) is 0 Å². The topological polar surface area (TPSA) is 0 Å². The van der Waals surface area contributed by atoms with Crippen molar-refractivity contribution < 1.29 is 0 Å². The summed E-state index contributed by atoms with van der Waals surface area (Å²) in [5.41, 5.74) is 0. The number of thioether (sulfide) groups is 1. The molecule has 130 valence electrons. The van der Waals surface area contributed by atoms with Crippen LogP contribution < -0.4 is 0 Å². The molecular formula is C19H48S. The Labute approximate surface area is 138 Å². The first-order chi connectivity index (χ1) is 9.83. The van der Waals surface area contributed by atoms with Gasteiger partial charge in [-0.15, -0.1) is 31.5 Å². The largest absolute Gasteiger partial charge is 0.138 e. The van der Waals surface area contributed by atoms with Crippen LogP contribution in [-0.4, -0.2) is 6.26 Å². The molecule has 0 atom stereocenters. The van der Waals surface area contributed by atoms with Crippen molar-refractivity contribution in [3.05, 3.63) is 37.8 Å². The highest BCUT2D eigenvalue weighted by atomic mass is 32.2. The summed E-state index contributed by atoms with van der Waals surface area (Å²) >= 11 is 1.62. The SMILES string of the molecule is C=C.C=CCC.C=CSC.CC.CC.CC.CC.CC. The van der Waals surface area contributed by atoms with Crippen molar-refractivity contribution in [2.75, 3.05) is 6.26 Å². The first kappa shape index (κ1) is 50.4. The molecule has 20 heavy (non-hydrogen) atoms. The lowest BCUT2D eigenvalue weighted by atomic mass is 10.5.